The average molecular weight is 410 g/mol. The zero-order valence-electron chi connectivity index (χ0n) is 17.6. The summed E-state index contributed by atoms with van der Waals surface area (Å²) in [6, 6.07) is 0. The predicted molar refractivity (Wildman–Crippen MR) is 117 cm³/mol. The molecule has 0 saturated carbocycles. The van der Waals surface area contributed by atoms with E-state index in [4.69, 9.17) is 11.6 Å². The Morgan fingerprint density at radius 3 is 1.69 bits per heavy atom. The third-order valence-corrected chi connectivity index (χ3v) is 7.20. The number of hydrogen-bond acceptors (Lipinski definition) is 2. The van der Waals surface area contributed by atoms with E-state index in [1.54, 1.807) is 0 Å². The van der Waals surface area contributed by atoms with Gasteiger partial charge in [-0.3, -0.25) is 0 Å². The molecule has 0 bridgehead atoms. The second-order valence-corrected chi connectivity index (χ2v) is 10.5. The number of alkyl halides is 1. The van der Waals surface area contributed by atoms with Gasteiger partial charge in [0.15, 0.2) is 0 Å². The van der Waals surface area contributed by atoms with Gasteiger partial charge in [-0.25, -0.2) is 13.1 Å². The first-order valence-corrected chi connectivity index (χ1v) is 13.0. The lowest BCUT2D eigenvalue weighted by Crippen LogP contribution is -2.35. The monoisotopic (exact) mass is 409 g/mol. The molecule has 5 heteroatoms. The van der Waals surface area contributed by atoms with Crippen molar-refractivity contribution >= 4 is 21.6 Å². The number of hydrogen-bond donors (Lipinski definition) is 1. The highest BCUT2D eigenvalue weighted by atomic mass is 35.5. The molecule has 0 rings (SSSR count). The lowest BCUT2D eigenvalue weighted by Gasteiger charge is -2.18. The van der Waals surface area contributed by atoms with Gasteiger partial charge in [-0.15, -0.1) is 11.6 Å². The van der Waals surface area contributed by atoms with Crippen LogP contribution in [0.5, 0.6) is 0 Å². The molecule has 2 atom stereocenters. The first kappa shape index (κ1) is 26.2. The Balaban J connectivity index is 4.28. The van der Waals surface area contributed by atoms with Crippen LogP contribution in [0.2, 0.25) is 0 Å². The molecule has 0 aromatic carbocycles. The minimum atomic E-state index is -3.17. The molecule has 1 N–H and O–H groups in total. The maximum absolute atomic E-state index is 12.7. The molecule has 2 unspecified atom stereocenters. The van der Waals surface area contributed by atoms with E-state index in [-0.39, 0.29) is 10.6 Å². The van der Waals surface area contributed by atoms with Crippen LogP contribution in [-0.2, 0) is 10.0 Å². The van der Waals surface area contributed by atoms with Crippen LogP contribution >= 0.6 is 11.6 Å². The second kappa shape index (κ2) is 17.3. The smallest absolute Gasteiger partial charge is 0.214 e. The Kier molecular flexibility index (Phi) is 17.4. The number of unbranched alkanes of at least 4 members (excludes halogenated alkanes) is 9. The molecule has 0 heterocycles. The van der Waals surface area contributed by atoms with Crippen LogP contribution in [0.15, 0.2) is 0 Å². The van der Waals surface area contributed by atoms with E-state index >= 15 is 0 Å². The van der Waals surface area contributed by atoms with Gasteiger partial charge < -0.3 is 0 Å². The SMILES string of the molecule is CCCCCCNS(=O)(=O)C(CCCCCC)CCCCCCC(C)Cl. The summed E-state index contributed by atoms with van der Waals surface area (Å²) in [5.74, 6) is 0. The highest BCUT2D eigenvalue weighted by Gasteiger charge is 2.23. The van der Waals surface area contributed by atoms with Gasteiger partial charge in [-0.1, -0.05) is 84.5 Å². The van der Waals surface area contributed by atoms with Crippen LogP contribution in [0.25, 0.3) is 0 Å². The lowest BCUT2D eigenvalue weighted by molar-refractivity contribution is 0.507. The van der Waals surface area contributed by atoms with Crippen molar-refractivity contribution < 1.29 is 8.42 Å². The molecular weight excluding hydrogens is 366 g/mol. The standard InChI is InChI=1S/C21H44ClNO2S/c1-4-6-8-13-17-21(18-14-11-10-12-16-20(3)22)26(24,25)23-19-15-9-7-5-2/h20-21,23H,4-19H2,1-3H3. The largest absolute Gasteiger partial charge is 0.215 e. The van der Waals surface area contributed by atoms with E-state index in [9.17, 15) is 8.42 Å². The summed E-state index contributed by atoms with van der Waals surface area (Å²) in [5, 5.41) is 0.0380. The molecule has 0 fully saturated rings. The third-order valence-electron chi connectivity index (χ3n) is 5.03. The molecule has 158 valence electrons. The van der Waals surface area contributed by atoms with Gasteiger partial charge in [0.25, 0.3) is 0 Å². The van der Waals surface area contributed by atoms with Crippen LogP contribution in [0.3, 0.4) is 0 Å². The summed E-state index contributed by atoms with van der Waals surface area (Å²) in [5.41, 5.74) is 0. The normalized spacial score (nSPS) is 14.5. The molecule has 0 aliphatic heterocycles. The zero-order chi connectivity index (χ0) is 19.7. The molecule has 0 radical (unpaired) electrons. The minimum absolute atomic E-state index is 0.211. The number of rotatable bonds is 19. The van der Waals surface area contributed by atoms with Crippen molar-refractivity contribution in [1.82, 2.24) is 4.72 Å². The van der Waals surface area contributed by atoms with Crippen molar-refractivity contribution in [3.8, 4) is 0 Å². The van der Waals surface area contributed by atoms with E-state index in [1.165, 1.54) is 25.7 Å². The maximum atomic E-state index is 12.7. The molecule has 0 spiro atoms. The van der Waals surface area contributed by atoms with Gasteiger partial charge in [0.1, 0.15) is 0 Å². The fourth-order valence-corrected chi connectivity index (χ4v) is 5.06. The summed E-state index contributed by atoms with van der Waals surface area (Å²) in [7, 11) is -3.17. The Labute approximate surface area is 169 Å². The summed E-state index contributed by atoms with van der Waals surface area (Å²) in [6.45, 7) is 6.99. The summed E-state index contributed by atoms with van der Waals surface area (Å²) >= 11 is 5.98. The van der Waals surface area contributed by atoms with Gasteiger partial charge >= 0.3 is 0 Å². The topological polar surface area (TPSA) is 46.2 Å². The molecular formula is C21H44ClNO2S. The van der Waals surface area contributed by atoms with Gasteiger partial charge in [0.05, 0.1) is 5.25 Å². The van der Waals surface area contributed by atoms with Gasteiger partial charge in [-0.05, 0) is 32.6 Å². The highest BCUT2D eigenvalue weighted by molar-refractivity contribution is 7.90. The first-order valence-electron chi connectivity index (χ1n) is 11.1. The van der Waals surface area contributed by atoms with Gasteiger partial charge in [-0.2, -0.15) is 0 Å². The van der Waals surface area contributed by atoms with E-state index in [0.29, 0.717) is 6.54 Å². The van der Waals surface area contributed by atoms with E-state index in [1.807, 2.05) is 6.92 Å². The molecule has 0 amide bonds. The molecule has 3 nitrogen and oxygen atoms in total. The molecule has 26 heavy (non-hydrogen) atoms. The molecule has 0 saturated heterocycles. The Morgan fingerprint density at radius 1 is 0.731 bits per heavy atom. The van der Waals surface area contributed by atoms with Crippen molar-refractivity contribution in [1.29, 1.82) is 0 Å². The van der Waals surface area contributed by atoms with Crippen molar-refractivity contribution in [2.45, 2.75) is 128 Å². The van der Waals surface area contributed by atoms with Crippen LogP contribution in [-0.4, -0.2) is 25.6 Å². The predicted octanol–water partition coefficient (Wildman–Crippen LogP) is 6.79. The fraction of sp³-hybridized carbons (Fsp3) is 1.00. The van der Waals surface area contributed by atoms with Gasteiger partial charge in [0, 0.05) is 11.9 Å². The Morgan fingerprint density at radius 2 is 1.19 bits per heavy atom. The number of nitrogens with one attached hydrogen (secondary N) is 1. The average Bonchev–Trinajstić information content (AvgIpc) is 2.59. The zero-order valence-corrected chi connectivity index (χ0v) is 19.1. The van der Waals surface area contributed by atoms with E-state index in [2.05, 4.69) is 18.6 Å². The molecule has 0 aliphatic carbocycles. The fourth-order valence-electron chi connectivity index (χ4n) is 3.29. The quantitative estimate of drug-likeness (QED) is 0.188. The third kappa shape index (κ3) is 15.3. The molecule has 0 aliphatic rings. The van der Waals surface area contributed by atoms with Crippen LogP contribution < -0.4 is 4.72 Å². The van der Waals surface area contributed by atoms with Gasteiger partial charge in [0.2, 0.25) is 10.0 Å². The Bertz CT molecular complexity index is 399. The van der Waals surface area contributed by atoms with E-state index in [0.717, 1.165) is 70.6 Å². The van der Waals surface area contributed by atoms with Crippen molar-refractivity contribution in [3.63, 3.8) is 0 Å². The van der Waals surface area contributed by atoms with Crippen molar-refractivity contribution in [2.75, 3.05) is 6.54 Å². The number of sulfonamides is 1. The van der Waals surface area contributed by atoms with E-state index < -0.39 is 10.0 Å². The second-order valence-electron chi connectivity index (χ2n) is 7.74. The van der Waals surface area contributed by atoms with Crippen LogP contribution in [0.1, 0.15) is 117 Å². The van der Waals surface area contributed by atoms with Crippen molar-refractivity contribution in [2.24, 2.45) is 0 Å². The first-order chi connectivity index (χ1) is 12.4. The summed E-state index contributed by atoms with van der Waals surface area (Å²) in [4.78, 5) is 0. The van der Waals surface area contributed by atoms with Crippen molar-refractivity contribution in [3.05, 3.63) is 0 Å². The maximum Gasteiger partial charge on any atom is 0.214 e. The summed E-state index contributed by atoms with van der Waals surface area (Å²) in [6.07, 6.45) is 16.1. The summed E-state index contributed by atoms with van der Waals surface area (Å²) < 4.78 is 28.3. The van der Waals surface area contributed by atoms with Crippen LogP contribution in [0, 0.1) is 0 Å². The number of halogens is 1. The Hall–Kier alpha value is 0.200. The molecule has 0 aromatic rings. The van der Waals surface area contributed by atoms with Crippen LogP contribution in [0.4, 0.5) is 0 Å². The highest BCUT2D eigenvalue weighted by Crippen LogP contribution is 2.19. The molecule has 0 aromatic heterocycles. The minimum Gasteiger partial charge on any atom is -0.215 e. The lowest BCUT2D eigenvalue weighted by atomic mass is 10.0.